The van der Waals surface area contributed by atoms with Gasteiger partial charge in [0.15, 0.2) is 0 Å². The second-order valence-electron chi connectivity index (χ2n) is 7.52. The number of phenolic OH excluding ortho intramolecular Hbond substituents is 1. The van der Waals surface area contributed by atoms with E-state index >= 15 is 0 Å². The summed E-state index contributed by atoms with van der Waals surface area (Å²) in [7, 11) is 1.58. The minimum atomic E-state index is -0.747. The highest BCUT2D eigenvalue weighted by atomic mass is 16.5. The molecule has 142 valence electrons. The number of benzene rings is 2. The van der Waals surface area contributed by atoms with E-state index in [1.165, 1.54) is 0 Å². The van der Waals surface area contributed by atoms with Gasteiger partial charge in [-0.15, -0.1) is 6.58 Å². The van der Waals surface area contributed by atoms with E-state index in [1.807, 2.05) is 18.2 Å². The summed E-state index contributed by atoms with van der Waals surface area (Å²) in [6.45, 7) is 10.0. The average Bonchev–Trinajstić information content (AvgIpc) is 2.60. The first-order valence-electron chi connectivity index (χ1n) is 9.09. The van der Waals surface area contributed by atoms with Gasteiger partial charge in [0, 0.05) is 11.3 Å². The molecule has 1 aliphatic rings. The maximum Gasteiger partial charge on any atom is 0.130 e. The Balaban J connectivity index is 2.35. The van der Waals surface area contributed by atoms with Gasteiger partial charge in [0.2, 0.25) is 0 Å². The average molecular weight is 365 g/mol. The molecule has 3 N–H and O–H groups in total. The Morgan fingerprint density at radius 3 is 2.63 bits per heavy atom. The van der Waals surface area contributed by atoms with Crippen LogP contribution in [0.25, 0.3) is 16.7 Å². The molecule has 0 radical (unpaired) electrons. The van der Waals surface area contributed by atoms with Crippen LogP contribution >= 0.6 is 0 Å². The van der Waals surface area contributed by atoms with Crippen LogP contribution in [0, 0.1) is 0 Å². The highest BCUT2D eigenvalue weighted by Gasteiger charge is 2.29. The molecule has 27 heavy (non-hydrogen) atoms. The van der Waals surface area contributed by atoms with Crippen LogP contribution in [0.2, 0.25) is 0 Å². The molecule has 0 spiro atoms. The summed E-state index contributed by atoms with van der Waals surface area (Å²) in [4.78, 5) is 0. The number of fused-ring (bicyclic) bond motifs is 1. The van der Waals surface area contributed by atoms with Gasteiger partial charge >= 0.3 is 0 Å². The van der Waals surface area contributed by atoms with Crippen molar-refractivity contribution in [3.05, 3.63) is 60.2 Å². The van der Waals surface area contributed by atoms with Crippen LogP contribution in [0.1, 0.15) is 44.4 Å². The first-order chi connectivity index (χ1) is 12.8. The van der Waals surface area contributed by atoms with Crippen molar-refractivity contribution >= 4 is 11.3 Å². The van der Waals surface area contributed by atoms with Crippen LogP contribution in [0.15, 0.2) is 49.1 Å². The van der Waals surface area contributed by atoms with E-state index in [2.05, 4.69) is 38.7 Å². The number of aromatic hydroxyl groups is 1. The lowest BCUT2D eigenvalue weighted by Crippen LogP contribution is -2.32. The van der Waals surface area contributed by atoms with Crippen LogP contribution in [-0.2, 0) is 0 Å². The van der Waals surface area contributed by atoms with Crippen molar-refractivity contribution in [2.75, 3.05) is 12.4 Å². The van der Waals surface area contributed by atoms with Crippen molar-refractivity contribution in [1.82, 2.24) is 0 Å². The van der Waals surface area contributed by atoms with Gasteiger partial charge in [0.05, 0.1) is 24.3 Å². The highest BCUT2D eigenvalue weighted by molar-refractivity contribution is 5.90. The predicted octanol–water partition coefficient (Wildman–Crippen LogP) is 5.28. The summed E-state index contributed by atoms with van der Waals surface area (Å²) < 4.78 is 5.49. The number of hydrogen-bond acceptors (Lipinski definition) is 4. The van der Waals surface area contributed by atoms with Crippen LogP contribution in [0.4, 0.5) is 5.69 Å². The molecule has 1 atom stereocenters. The van der Waals surface area contributed by atoms with Crippen molar-refractivity contribution in [3.8, 4) is 22.6 Å². The summed E-state index contributed by atoms with van der Waals surface area (Å²) >= 11 is 0. The van der Waals surface area contributed by atoms with Crippen molar-refractivity contribution < 1.29 is 14.9 Å². The molecule has 1 heterocycles. The van der Waals surface area contributed by atoms with Gasteiger partial charge in [-0.1, -0.05) is 24.3 Å². The van der Waals surface area contributed by atoms with Gasteiger partial charge < -0.3 is 20.3 Å². The number of aliphatic hydroxyl groups is 1. The summed E-state index contributed by atoms with van der Waals surface area (Å²) in [5.41, 5.74) is 4.95. The molecule has 1 aliphatic heterocycles. The van der Waals surface area contributed by atoms with E-state index < -0.39 is 6.10 Å². The van der Waals surface area contributed by atoms with Crippen molar-refractivity contribution in [2.24, 2.45) is 0 Å². The summed E-state index contributed by atoms with van der Waals surface area (Å²) in [6, 6.07) is 9.11. The normalized spacial score (nSPS) is 16.0. The number of phenols is 1. The largest absolute Gasteiger partial charge is 0.507 e. The van der Waals surface area contributed by atoms with E-state index in [1.54, 1.807) is 25.3 Å². The maximum absolute atomic E-state index is 11.0. The third kappa shape index (κ3) is 3.45. The van der Waals surface area contributed by atoms with Gasteiger partial charge in [-0.25, -0.2) is 0 Å². The molecule has 0 saturated heterocycles. The van der Waals surface area contributed by atoms with Crippen LogP contribution < -0.4 is 10.1 Å². The Bertz CT molecular complexity index is 912. The Kier molecular flexibility index (Phi) is 5.03. The fraction of sp³-hybridized carbons (Fsp3) is 0.304. The molecule has 2 aromatic rings. The SMILES string of the molecule is C=CC[C@@H](O)c1c(-c2c(O)cccc2OC)ccc2c1C(C)=CC(C)(C)N2. The minimum absolute atomic E-state index is 0.118. The maximum atomic E-state index is 11.0. The van der Waals surface area contributed by atoms with E-state index in [0.717, 1.165) is 28.0 Å². The standard InChI is InChI=1S/C23H27NO3/c1-6-8-17(25)22-15(21-18(26)9-7-10-19(21)27-5)11-12-16-20(22)14(2)13-23(3,4)24-16/h6-7,9-13,17,24-26H,1,8H2,2-5H3/t17-/m1/s1. The summed E-state index contributed by atoms with van der Waals surface area (Å²) in [5, 5.41) is 25.0. The van der Waals surface area contributed by atoms with Crippen LogP contribution in [-0.4, -0.2) is 22.9 Å². The van der Waals surface area contributed by atoms with E-state index in [-0.39, 0.29) is 11.3 Å². The second-order valence-corrected chi connectivity index (χ2v) is 7.52. The van der Waals surface area contributed by atoms with E-state index in [4.69, 9.17) is 4.74 Å². The smallest absolute Gasteiger partial charge is 0.130 e. The molecular formula is C23H27NO3. The number of methoxy groups -OCH3 is 1. The lowest BCUT2D eigenvalue weighted by atomic mass is 9.82. The molecule has 0 bridgehead atoms. The molecule has 4 nitrogen and oxygen atoms in total. The number of hydrogen-bond donors (Lipinski definition) is 3. The van der Waals surface area contributed by atoms with Crippen molar-refractivity contribution in [1.29, 1.82) is 0 Å². The molecule has 3 rings (SSSR count). The van der Waals surface area contributed by atoms with Gasteiger partial charge in [0.25, 0.3) is 0 Å². The van der Waals surface area contributed by atoms with Crippen LogP contribution in [0.5, 0.6) is 11.5 Å². The number of anilines is 1. The Morgan fingerprint density at radius 2 is 1.96 bits per heavy atom. The number of rotatable bonds is 5. The Hall–Kier alpha value is -2.72. The third-order valence-corrected chi connectivity index (χ3v) is 4.89. The van der Waals surface area contributed by atoms with Crippen molar-refractivity contribution in [3.63, 3.8) is 0 Å². The number of nitrogens with one attached hydrogen (secondary N) is 1. The Labute approximate surface area is 160 Å². The zero-order valence-electron chi connectivity index (χ0n) is 16.3. The molecule has 0 aliphatic carbocycles. The van der Waals surface area contributed by atoms with Gasteiger partial charge in [-0.3, -0.25) is 0 Å². The zero-order chi connectivity index (χ0) is 19.8. The number of ether oxygens (including phenoxy) is 1. The highest BCUT2D eigenvalue weighted by Crippen LogP contribution is 2.47. The summed E-state index contributed by atoms with van der Waals surface area (Å²) in [5.74, 6) is 0.680. The lowest BCUT2D eigenvalue weighted by Gasteiger charge is -2.34. The van der Waals surface area contributed by atoms with Gasteiger partial charge in [-0.05, 0) is 62.1 Å². The topological polar surface area (TPSA) is 61.7 Å². The molecule has 4 heteroatoms. The van der Waals surface area contributed by atoms with Gasteiger partial charge in [0.1, 0.15) is 11.5 Å². The molecular weight excluding hydrogens is 338 g/mol. The minimum Gasteiger partial charge on any atom is -0.507 e. The fourth-order valence-corrected chi connectivity index (χ4v) is 3.95. The number of aliphatic hydroxyl groups excluding tert-OH is 1. The molecule has 2 aromatic carbocycles. The van der Waals surface area contributed by atoms with Crippen molar-refractivity contribution in [2.45, 2.75) is 38.8 Å². The molecule has 0 saturated carbocycles. The molecule has 0 aromatic heterocycles. The second kappa shape index (κ2) is 7.12. The van der Waals surface area contributed by atoms with Gasteiger partial charge in [-0.2, -0.15) is 0 Å². The zero-order valence-corrected chi connectivity index (χ0v) is 16.3. The molecule has 0 fully saturated rings. The van der Waals surface area contributed by atoms with E-state index in [0.29, 0.717) is 17.7 Å². The molecule has 0 amide bonds. The molecule has 0 unspecified atom stereocenters. The van der Waals surface area contributed by atoms with E-state index in [9.17, 15) is 10.2 Å². The first-order valence-corrected chi connectivity index (χ1v) is 9.09. The predicted molar refractivity (Wildman–Crippen MR) is 111 cm³/mol. The quantitative estimate of drug-likeness (QED) is 0.631. The number of allylic oxidation sites excluding steroid dienone is 1. The lowest BCUT2D eigenvalue weighted by molar-refractivity contribution is 0.182. The van der Waals surface area contributed by atoms with Crippen LogP contribution in [0.3, 0.4) is 0 Å². The third-order valence-electron chi connectivity index (χ3n) is 4.89. The summed E-state index contributed by atoms with van der Waals surface area (Å²) in [6.07, 6.45) is 3.53. The Morgan fingerprint density at radius 1 is 1.22 bits per heavy atom. The fourth-order valence-electron chi connectivity index (χ4n) is 3.95. The monoisotopic (exact) mass is 365 g/mol. The first kappa shape index (κ1) is 19.1.